The second-order valence-corrected chi connectivity index (χ2v) is 7.90. The summed E-state index contributed by atoms with van der Waals surface area (Å²) in [6.45, 7) is 4.80. The van der Waals surface area contributed by atoms with Crippen molar-refractivity contribution in [2.75, 3.05) is 12.4 Å². The van der Waals surface area contributed by atoms with Crippen LogP contribution in [0.2, 0.25) is 0 Å². The molecule has 2 heterocycles. The van der Waals surface area contributed by atoms with Crippen molar-refractivity contribution < 1.29 is 14.3 Å². The van der Waals surface area contributed by atoms with Crippen LogP contribution < -0.4 is 14.8 Å². The van der Waals surface area contributed by atoms with Crippen molar-refractivity contribution in [1.29, 1.82) is 0 Å². The van der Waals surface area contributed by atoms with E-state index in [1.165, 1.54) is 23.1 Å². The van der Waals surface area contributed by atoms with Gasteiger partial charge in [0, 0.05) is 18.1 Å². The van der Waals surface area contributed by atoms with Crippen molar-refractivity contribution >= 4 is 34.1 Å². The Kier molecular flexibility index (Phi) is 6.88. The van der Waals surface area contributed by atoms with Gasteiger partial charge in [0.05, 0.1) is 12.4 Å². The fourth-order valence-electron chi connectivity index (χ4n) is 2.35. The Morgan fingerprint density at radius 3 is 2.68 bits per heavy atom. The van der Waals surface area contributed by atoms with E-state index in [1.54, 1.807) is 13.3 Å². The minimum absolute atomic E-state index is 0.123. The first kappa shape index (κ1) is 20.2. The SMILES string of the molecule is CCn1c(COc2ccc(OC)cc2)nnc1S[C@@H](C)C(=O)Nc1nccs1. The Morgan fingerprint density at radius 2 is 2.04 bits per heavy atom. The molecular formula is C18H21N5O3S2. The van der Waals surface area contributed by atoms with Crippen LogP contribution in [0.4, 0.5) is 5.13 Å². The number of thioether (sulfide) groups is 1. The van der Waals surface area contributed by atoms with Gasteiger partial charge in [-0.15, -0.1) is 21.5 Å². The molecule has 3 rings (SSSR count). The summed E-state index contributed by atoms with van der Waals surface area (Å²) in [5.41, 5.74) is 0. The number of carbonyl (C=O) groups excluding carboxylic acids is 1. The Hall–Kier alpha value is -2.59. The standard InChI is InChI=1S/C18H21N5O3S2/c1-4-23-15(11-26-14-7-5-13(25-3)6-8-14)21-22-18(23)28-12(2)16(24)20-17-19-9-10-27-17/h5-10,12H,4,11H2,1-3H3,(H,19,20,24)/t12-/m0/s1. The zero-order valence-corrected chi connectivity index (χ0v) is 17.4. The van der Waals surface area contributed by atoms with E-state index >= 15 is 0 Å². The number of nitrogens with zero attached hydrogens (tertiary/aromatic N) is 4. The lowest BCUT2D eigenvalue weighted by Crippen LogP contribution is -2.22. The third kappa shape index (κ3) is 5.02. The highest BCUT2D eigenvalue weighted by molar-refractivity contribution is 8.00. The number of nitrogens with one attached hydrogen (secondary N) is 1. The summed E-state index contributed by atoms with van der Waals surface area (Å²) >= 11 is 2.74. The van der Waals surface area contributed by atoms with Crippen molar-refractivity contribution in [3.8, 4) is 11.5 Å². The summed E-state index contributed by atoms with van der Waals surface area (Å²) in [5.74, 6) is 2.07. The molecule has 0 saturated carbocycles. The highest BCUT2D eigenvalue weighted by atomic mass is 32.2. The van der Waals surface area contributed by atoms with Crippen molar-refractivity contribution in [3.63, 3.8) is 0 Å². The Morgan fingerprint density at radius 1 is 1.29 bits per heavy atom. The highest BCUT2D eigenvalue weighted by Gasteiger charge is 2.20. The van der Waals surface area contributed by atoms with Crippen LogP contribution in [-0.4, -0.2) is 38.0 Å². The molecule has 0 aliphatic heterocycles. The zero-order chi connectivity index (χ0) is 19.9. The van der Waals surface area contributed by atoms with Crippen molar-refractivity contribution in [2.45, 2.75) is 37.4 Å². The summed E-state index contributed by atoms with van der Waals surface area (Å²) in [6.07, 6.45) is 1.65. The number of amides is 1. The predicted molar refractivity (Wildman–Crippen MR) is 109 cm³/mol. The Bertz CT molecular complexity index is 897. The summed E-state index contributed by atoms with van der Waals surface area (Å²) in [5, 5.41) is 14.0. The third-order valence-corrected chi connectivity index (χ3v) is 5.62. The molecule has 1 atom stereocenters. The number of carbonyl (C=O) groups is 1. The number of methoxy groups -OCH3 is 1. The molecule has 148 valence electrons. The summed E-state index contributed by atoms with van der Waals surface area (Å²) < 4.78 is 12.9. The summed E-state index contributed by atoms with van der Waals surface area (Å²) in [7, 11) is 1.62. The fraction of sp³-hybridized carbons (Fsp3) is 0.333. The first-order valence-electron chi connectivity index (χ1n) is 8.66. The van der Waals surface area contributed by atoms with Crippen LogP contribution in [0.25, 0.3) is 0 Å². The van der Waals surface area contributed by atoms with Crippen molar-refractivity contribution in [2.24, 2.45) is 0 Å². The van der Waals surface area contributed by atoms with Crippen LogP contribution in [0.5, 0.6) is 11.5 Å². The Balaban J connectivity index is 1.61. The molecule has 0 spiro atoms. The topological polar surface area (TPSA) is 91.2 Å². The van der Waals surface area contributed by atoms with Gasteiger partial charge in [-0.25, -0.2) is 4.98 Å². The van der Waals surface area contributed by atoms with E-state index in [2.05, 4.69) is 20.5 Å². The number of aromatic nitrogens is 4. The number of anilines is 1. The average molecular weight is 420 g/mol. The van der Waals surface area contributed by atoms with Gasteiger partial charge in [-0.3, -0.25) is 4.79 Å². The van der Waals surface area contributed by atoms with Crippen LogP contribution in [0.15, 0.2) is 41.0 Å². The van der Waals surface area contributed by atoms with E-state index in [0.717, 1.165) is 11.5 Å². The van der Waals surface area contributed by atoms with Crippen molar-refractivity contribution in [1.82, 2.24) is 19.7 Å². The molecule has 28 heavy (non-hydrogen) atoms. The molecule has 10 heteroatoms. The molecule has 3 aromatic rings. The third-order valence-electron chi connectivity index (χ3n) is 3.85. The van der Waals surface area contributed by atoms with E-state index in [1.807, 2.05) is 48.1 Å². The zero-order valence-electron chi connectivity index (χ0n) is 15.8. The molecule has 0 unspecified atom stereocenters. The van der Waals surface area contributed by atoms with Gasteiger partial charge in [0.2, 0.25) is 5.91 Å². The molecular weight excluding hydrogens is 398 g/mol. The monoisotopic (exact) mass is 419 g/mol. The van der Waals surface area contributed by atoms with Gasteiger partial charge in [-0.2, -0.15) is 0 Å². The van der Waals surface area contributed by atoms with E-state index in [-0.39, 0.29) is 17.8 Å². The number of hydrogen-bond acceptors (Lipinski definition) is 8. The molecule has 0 radical (unpaired) electrons. The van der Waals surface area contributed by atoms with Crippen LogP contribution in [0.3, 0.4) is 0 Å². The van der Waals surface area contributed by atoms with Gasteiger partial charge in [0.15, 0.2) is 16.1 Å². The minimum Gasteiger partial charge on any atom is -0.497 e. The molecule has 0 aliphatic rings. The van der Waals surface area contributed by atoms with Crippen LogP contribution in [-0.2, 0) is 17.9 Å². The number of benzene rings is 1. The quantitative estimate of drug-likeness (QED) is 0.531. The maximum absolute atomic E-state index is 12.3. The average Bonchev–Trinajstić information content (AvgIpc) is 3.36. The molecule has 1 amide bonds. The van der Waals surface area contributed by atoms with E-state index < -0.39 is 0 Å². The number of rotatable bonds is 9. The van der Waals surface area contributed by atoms with Gasteiger partial charge in [-0.05, 0) is 38.1 Å². The van der Waals surface area contributed by atoms with Gasteiger partial charge < -0.3 is 19.4 Å². The first-order chi connectivity index (χ1) is 13.6. The molecule has 0 fully saturated rings. The molecule has 0 bridgehead atoms. The lowest BCUT2D eigenvalue weighted by Gasteiger charge is -2.12. The lowest BCUT2D eigenvalue weighted by molar-refractivity contribution is -0.115. The lowest BCUT2D eigenvalue weighted by atomic mass is 10.3. The minimum atomic E-state index is -0.339. The van der Waals surface area contributed by atoms with Crippen LogP contribution in [0, 0.1) is 0 Å². The van der Waals surface area contributed by atoms with Gasteiger partial charge >= 0.3 is 0 Å². The Labute approximate surface area is 171 Å². The molecule has 1 aromatic carbocycles. The van der Waals surface area contributed by atoms with Gasteiger partial charge in [-0.1, -0.05) is 11.8 Å². The molecule has 0 saturated heterocycles. The van der Waals surface area contributed by atoms with Crippen LogP contribution in [0.1, 0.15) is 19.7 Å². The summed E-state index contributed by atoms with van der Waals surface area (Å²) in [4.78, 5) is 16.4. The van der Waals surface area contributed by atoms with E-state index in [0.29, 0.717) is 22.7 Å². The maximum atomic E-state index is 12.3. The fourth-order valence-corrected chi connectivity index (χ4v) is 3.82. The molecule has 0 aliphatic carbocycles. The molecule has 8 nitrogen and oxygen atoms in total. The van der Waals surface area contributed by atoms with Gasteiger partial charge in [0.1, 0.15) is 18.1 Å². The number of thiazole rings is 1. The molecule has 2 aromatic heterocycles. The molecule has 1 N–H and O–H groups in total. The largest absolute Gasteiger partial charge is 0.497 e. The summed E-state index contributed by atoms with van der Waals surface area (Å²) in [6, 6.07) is 7.35. The van der Waals surface area contributed by atoms with Crippen LogP contribution >= 0.6 is 23.1 Å². The van der Waals surface area contributed by atoms with E-state index in [9.17, 15) is 4.79 Å². The normalized spacial score (nSPS) is 11.8. The second-order valence-electron chi connectivity index (χ2n) is 5.69. The smallest absolute Gasteiger partial charge is 0.239 e. The maximum Gasteiger partial charge on any atom is 0.239 e. The van der Waals surface area contributed by atoms with E-state index in [4.69, 9.17) is 9.47 Å². The second kappa shape index (κ2) is 9.56. The predicted octanol–water partition coefficient (Wildman–Crippen LogP) is 3.46. The number of ether oxygens (including phenoxy) is 2. The van der Waals surface area contributed by atoms with Crippen molar-refractivity contribution in [3.05, 3.63) is 41.7 Å². The highest BCUT2D eigenvalue weighted by Crippen LogP contribution is 2.25. The first-order valence-corrected chi connectivity index (χ1v) is 10.4. The van der Waals surface area contributed by atoms with Gasteiger partial charge in [0.25, 0.3) is 0 Å². The number of hydrogen-bond donors (Lipinski definition) is 1.